The van der Waals surface area contributed by atoms with E-state index in [4.69, 9.17) is 0 Å². The Hall–Kier alpha value is -1.57. The molecule has 2 nitrogen and oxygen atoms in total. The van der Waals surface area contributed by atoms with Crippen LogP contribution >= 0.6 is 0 Å². The second-order valence-corrected chi connectivity index (χ2v) is 4.50. The fourth-order valence-electron chi connectivity index (χ4n) is 1.28. The minimum atomic E-state index is -0.139. The van der Waals surface area contributed by atoms with E-state index in [1.54, 1.807) is 18.2 Å². The van der Waals surface area contributed by atoms with Crippen molar-refractivity contribution in [1.82, 2.24) is 0 Å². The van der Waals surface area contributed by atoms with Crippen LogP contribution in [-0.4, -0.2) is 5.78 Å². The van der Waals surface area contributed by atoms with Gasteiger partial charge in [-0.2, -0.15) is 0 Å². The molecule has 0 bridgehead atoms. The standard InChI is InChI=1S/C14H18O2/c1-9(2)5-7-11-13(15)12(14(11)16)8-6-10(3)4/h5-9,15H,1-4H3/p-1/b7-5+,12-8-. The van der Waals surface area contributed by atoms with E-state index in [9.17, 15) is 9.90 Å². The van der Waals surface area contributed by atoms with Crippen molar-refractivity contribution < 1.29 is 9.90 Å². The van der Waals surface area contributed by atoms with Gasteiger partial charge in [0.05, 0.1) is 0 Å². The van der Waals surface area contributed by atoms with Crippen LogP contribution in [0.1, 0.15) is 27.7 Å². The Balaban J connectivity index is 2.90. The Morgan fingerprint density at radius 1 is 1.31 bits per heavy atom. The summed E-state index contributed by atoms with van der Waals surface area (Å²) in [6, 6.07) is 0. The van der Waals surface area contributed by atoms with E-state index in [2.05, 4.69) is 0 Å². The number of rotatable bonds is 3. The third-order valence-corrected chi connectivity index (χ3v) is 2.21. The molecule has 0 aromatic carbocycles. The van der Waals surface area contributed by atoms with Crippen LogP contribution in [-0.2, 0) is 4.79 Å². The highest BCUT2D eigenvalue weighted by atomic mass is 16.3. The lowest BCUT2D eigenvalue weighted by atomic mass is 9.87. The zero-order chi connectivity index (χ0) is 12.3. The molecular weight excluding hydrogens is 200 g/mol. The third-order valence-electron chi connectivity index (χ3n) is 2.21. The number of carbonyl (C=O) groups excluding carboxylic acids is 1. The van der Waals surface area contributed by atoms with Crippen molar-refractivity contribution in [2.24, 2.45) is 5.92 Å². The van der Waals surface area contributed by atoms with Crippen molar-refractivity contribution in [2.45, 2.75) is 27.7 Å². The first-order valence-corrected chi connectivity index (χ1v) is 5.43. The van der Waals surface area contributed by atoms with Crippen LogP contribution in [0.2, 0.25) is 0 Å². The molecule has 2 heteroatoms. The van der Waals surface area contributed by atoms with Gasteiger partial charge in [-0.3, -0.25) is 4.79 Å². The summed E-state index contributed by atoms with van der Waals surface area (Å²) in [5.41, 5.74) is 1.67. The van der Waals surface area contributed by atoms with Crippen LogP contribution in [0.5, 0.6) is 0 Å². The highest BCUT2D eigenvalue weighted by Crippen LogP contribution is 2.27. The van der Waals surface area contributed by atoms with E-state index >= 15 is 0 Å². The number of hydrogen-bond donors (Lipinski definition) is 0. The minimum Gasteiger partial charge on any atom is -0.871 e. The Morgan fingerprint density at radius 3 is 2.38 bits per heavy atom. The topological polar surface area (TPSA) is 40.1 Å². The number of allylic oxidation sites excluding steroid dienone is 7. The van der Waals surface area contributed by atoms with E-state index in [1.165, 1.54) is 0 Å². The second-order valence-electron chi connectivity index (χ2n) is 4.50. The van der Waals surface area contributed by atoms with Crippen LogP contribution in [0, 0.1) is 5.92 Å². The van der Waals surface area contributed by atoms with Gasteiger partial charge in [-0.05, 0) is 19.8 Å². The van der Waals surface area contributed by atoms with E-state index < -0.39 is 0 Å². The number of Topliss-reactive ketones (excluding diaryl/α,β-unsaturated/α-hetero) is 1. The summed E-state index contributed by atoms with van der Waals surface area (Å²) in [5, 5.41) is 11.6. The summed E-state index contributed by atoms with van der Waals surface area (Å²) in [5.74, 6) is 0.0673. The molecule has 0 atom stereocenters. The van der Waals surface area contributed by atoms with Gasteiger partial charge in [0, 0.05) is 11.1 Å². The van der Waals surface area contributed by atoms with Crippen molar-refractivity contribution >= 4 is 5.78 Å². The summed E-state index contributed by atoms with van der Waals surface area (Å²) in [7, 11) is 0. The number of ketones is 1. The molecule has 0 radical (unpaired) electrons. The first kappa shape index (κ1) is 12.5. The lowest BCUT2D eigenvalue weighted by molar-refractivity contribution is -0.300. The van der Waals surface area contributed by atoms with Gasteiger partial charge >= 0.3 is 0 Å². The van der Waals surface area contributed by atoms with Crippen molar-refractivity contribution in [3.8, 4) is 0 Å². The van der Waals surface area contributed by atoms with Gasteiger partial charge in [0.1, 0.15) is 0 Å². The first-order chi connectivity index (χ1) is 7.43. The van der Waals surface area contributed by atoms with Crippen LogP contribution in [0.3, 0.4) is 0 Å². The lowest BCUT2D eigenvalue weighted by Gasteiger charge is -2.28. The zero-order valence-corrected chi connectivity index (χ0v) is 10.2. The van der Waals surface area contributed by atoms with E-state index in [0.29, 0.717) is 17.1 Å². The van der Waals surface area contributed by atoms with E-state index in [1.807, 2.05) is 33.8 Å². The molecule has 0 saturated carbocycles. The van der Waals surface area contributed by atoms with Crippen molar-refractivity contribution in [3.05, 3.63) is 46.8 Å². The van der Waals surface area contributed by atoms with Gasteiger partial charge in [0.15, 0.2) is 5.78 Å². The maximum Gasteiger partial charge on any atom is 0.191 e. The van der Waals surface area contributed by atoms with Gasteiger partial charge in [-0.15, -0.1) is 0 Å². The molecular formula is C14H17O2-. The minimum absolute atomic E-state index is 0.139. The Bertz CT molecular complexity index is 414. The fraction of sp³-hybridized carbons (Fsp3) is 0.357. The molecule has 86 valence electrons. The van der Waals surface area contributed by atoms with Crippen LogP contribution in [0.15, 0.2) is 46.8 Å². The second kappa shape index (κ2) is 4.97. The molecule has 0 fully saturated rings. The third kappa shape index (κ3) is 2.72. The molecule has 0 heterocycles. The maximum absolute atomic E-state index is 11.6. The van der Waals surface area contributed by atoms with E-state index in [-0.39, 0.29) is 11.5 Å². The predicted octanol–water partition coefficient (Wildman–Crippen LogP) is 2.29. The summed E-state index contributed by atoms with van der Waals surface area (Å²) < 4.78 is 0. The summed E-state index contributed by atoms with van der Waals surface area (Å²) in [4.78, 5) is 11.6. The van der Waals surface area contributed by atoms with Gasteiger partial charge in [-0.25, -0.2) is 0 Å². The molecule has 0 amide bonds. The Morgan fingerprint density at radius 2 is 1.94 bits per heavy atom. The molecule has 1 aliphatic carbocycles. The SMILES string of the molecule is CC(C)=C/C=C1\C(=O)C(/C=C/C(C)C)=C1[O-]. The molecule has 0 aromatic rings. The van der Waals surface area contributed by atoms with Crippen molar-refractivity contribution in [3.63, 3.8) is 0 Å². The van der Waals surface area contributed by atoms with Crippen molar-refractivity contribution in [2.75, 3.05) is 0 Å². The summed E-state index contributed by atoms with van der Waals surface area (Å²) in [6.07, 6.45) is 6.89. The number of carbonyl (C=O) groups is 1. The Kier molecular flexibility index (Phi) is 3.88. The smallest absolute Gasteiger partial charge is 0.191 e. The monoisotopic (exact) mass is 217 g/mol. The molecule has 1 aliphatic rings. The zero-order valence-electron chi connectivity index (χ0n) is 10.2. The Labute approximate surface area is 96.7 Å². The maximum atomic E-state index is 11.6. The number of hydrogen-bond acceptors (Lipinski definition) is 2. The molecule has 0 saturated heterocycles. The van der Waals surface area contributed by atoms with Gasteiger partial charge in [0.2, 0.25) is 0 Å². The quantitative estimate of drug-likeness (QED) is 0.680. The molecule has 0 unspecified atom stereocenters. The molecule has 0 N–H and O–H groups in total. The van der Waals surface area contributed by atoms with Crippen LogP contribution < -0.4 is 5.11 Å². The lowest BCUT2D eigenvalue weighted by Crippen LogP contribution is -2.28. The van der Waals surface area contributed by atoms with Crippen molar-refractivity contribution in [1.29, 1.82) is 0 Å². The average Bonchev–Trinajstić information content (AvgIpc) is 2.17. The van der Waals surface area contributed by atoms with E-state index in [0.717, 1.165) is 5.57 Å². The predicted molar refractivity (Wildman–Crippen MR) is 63.5 cm³/mol. The summed E-state index contributed by atoms with van der Waals surface area (Å²) >= 11 is 0. The molecule has 16 heavy (non-hydrogen) atoms. The molecule has 0 spiro atoms. The highest BCUT2D eigenvalue weighted by Gasteiger charge is 2.23. The van der Waals surface area contributed by atoms with Crippen LogP contribution in [0.25, 0.3) is 0 Å². The van der Waals surface area contributed by atoms with Gasteiger partial charge in [-0.1, -0.05) is 49.5 Å². The molecule has 1 rings (SSSR count). The normalized spacial score (nSPS) is 18.6. The first-order valence-electron chi connectivity index (χ1n) is 5.43. The van der Waals surface area contributed by atoms with Crippen LogP contribution in [0.4, 0.5) is 0 Å². The highest BCUT2D eigenvalue weighted by molar-refractivity contribution is 6.20. The van der Waals surface area contributed by atoms with Gasteiger partial charge in [0.25, 0.3) is 0 Å². The molecule has 0 aliphatic heterocycles. The van der Waals surface area contributed by atoms with Gasteiger partial charge < -0.3 is 5.11 Å². The molecule has 0 aromatic heterocycles. The fourth-order valence-corrected chi connectivity index (χ4v) is 1.28. The summed E-state index contributed by atoms with van der Waals surface area (Å²) in [6.45, 7) is 7.86. The largest absolute Gasteiger partial charge is 0.871 e. The average molecular weight is 217 g/mol.